The Balaban J connectivity index is 1.71. The molecule has 0 saturated carbocycles. The number of carbonyl (C=O) groups is 1. The molecule has 0 bridgehead atoms. The molecular formula is C17H20N2O5S. The molecule has 2 heterocycles. The Morgan fingerprint density at radius 1 is 1.40 bits per heavy atom. The number of rotatable bonds is 5. The molecule has 1 amide bonds. The maximum Gasteiger partial charge on any atom is 0.238 e. The Bertz CT molecular complexity index is 875. The topological polar surface area (TPSA) is 98.5 Å². The van der Waals surface area contributed by atoms with Crippen molar-refractivity contribution in [1.82, 2.24) is 10.5 Å². The van der Waals surface area contributed by atoms with E-state index >= 15 is 0 Å². The molecule has 1 N–H and O–H groups in total. The molecule has 2 atom stereocenters. The fourth-order valence-corrected chi connectivity index (χ4v) is 3.95. The molecule has 0 spiro atoms. The van der Waals surface area contributed by atoms with Crippen LogP contribution in [0.4, 0.5) is 0 Å². The molecule has 1 aliphatic heterocycles. The van der Waals surface area contributed by atoms with E-state index in [1.54, 1.807) is 13.0 Å². The summed E-state index contributed by atoms with van der Waals surface area (Å²) in [5.41, 5.74) is 1.16. The number of benzene rings is 1. The molecule has 1 aromatic heterocycles. The van der Waals surface area contributed by atoms with Gasteiger partial charge in [-0.2, -0.15) is 0 Å². The highest BCUT2D eigenvalue weighted by atomic mass is 32.2. The second kappa shape index (κ2) is 6.87. The molecule has 0 unspecified atom stereocenters. The molecule has 134 valence electrons. The summed E-state index contributed by atoms with van der Waals surface area (Å²) in [7, 11) is -3.69. The van der Waals surface area contributed by atoms with Gasteiger partial charge in [-0.05, 0) is 19.9 Å². The number of ether oxygens (including phenoxy) is 1. The first-order valence-electron chi connectivity index (χ1n) is 8.02. The SMILES string of the molecule is Cc1cc(CS(=O)(=O)[C@@H](C)C(=O)N[C@H]2CCOc3ccccc32)no1. The van der Waals surface area contributed by atoms with Gasteiger partial charge < -0.3 is 14.6 Å². The Morgan fingerprint density at radius 2 is 2.16 bits per heavy atom. The second-order valence-corrected chi connectivity index (χ2v) is 8.44. The van der Waals surface area contributed by atoms with Crippen molar-refractivity contribution >= 4 is 15.7 Å². The summed E-state index contributed by atoms with van der Waals surface area (Å²) in [6, 6.07) is 8.72. The van der Waals surface area contributed by atoms with Gasteiger partial charge in [0.15, 0.2) is 9.84 Å². The van der Waals surface area contributed by atoms with Gasteiger partial charge in [-0.15, -0.1) is 0 Å². The second-order valence-electron chi connectivity index (χ2n) is 6.11. The first-order valence-corrected chi connectivity index (χ1v) is 9.74. The number of sulfone groups is 1. The van der Waals surface area contributed by atoms with Gasteiger partial charge in [-0.1, -0.05) is 23.4 Å². The maximum absolute atomic E-state index is 12.5. The largest absolute Gasteiger partial charge is 0.493 e. The maximum atomic E-state index is 12.5. The minimum atomic E-state index is -3.69. The molecule has 8 heteroatoms. The summed E-state index contributed by atoms with van der Waals surface area (Å²) in [6.45, 7) is 3.55. The van der Waals surface area contributed by atoms with E-state index in [1.807, 2.05) is 24.3 Å². The first kappa shape index (κ1) is 17.5. The van der Waals surface area contributed by atoms with Gasteiger partial charge in [0.2, 0.25) is 5.91 Å². The Kier molecular flexibility index (Phi) is 4.80. The zero-order chi connectivity index (χ0) is 18.0. The molecule has 7 nitrogen and oxygen atoms in total. The highest BCUT2D eigenvalue weighted by molar-refractivity contribution is 7.92. The van der Waals surface area contributed by atoms with Crippen molar-refractivity contribution in [1.29, 1.82) is 0 Å². The molecule has 3 rings (SSSR count). The van der Waals surface area contributed by atoms with Gasteiger partial charge in [0.25, 0.3) is 0 Å². The van der Waals surface area contributed by atoms with Crippen LogP contribution in [0, 0.1) is 6.92 Å². The van der Waals surface area contributed by atoms with Crippen LogP contribution < -0.4 is 10.1 Å². The third-order valence-corrected chi connectivity index (χ3v) is 6.20. The lowest BCUT2D eigenvalue weighted by Gasteiger charge is -2.27. The summed E-state index contributed by atoms with van der Waals surface area (Å²) in [5, 5.41) is 5.33. The minimum absolute atomic E-state index is 0.260. The van der Waals surface area contributed by atoms with Crippen molar-refractivity contribution < 1.29 is 22.5 Å². The quantitative estimate of drug-likeness (QED) is 0.870. The van der Waals surface area contributed by atoms with Crippen molar-refractivity contribution in [2.24, 2.45) is 0 Å². The van der Waals surface area contributed by atoms with E-state index in [-0.39, 0.29) is 11.8 Å². The fourth-order valence-electron chi connectivity index (χ4n) is 2.76. The average molecular weight is 364 g/mol. The van der Waals surface area contributed by atoms with Crippen molar-refractivity contribution in [3.8, 4) is 5.75 Å². The average Bonchev–Trinajstić information content (AvgIpc) is 2.98. The number of fused-ring (bicyclic) bond motifs is 1. The smallest absolute Gasteiger partial charge is 0.238 e. The van der Waals surface area contributed by atoms with E-state index < -0.39 is 21.0 Å². The van der Waals surface area contributed by atoms with Crippen molar-refractivity contribution in [2.45, 2.75) is 37.3 Å². The predicted octanol–water partition coefficient (Wildman–Crippen LogP) is 1.93. The number of para-hydroxylation sites is 1. The normalized spacial score (nSPS) is 18.1. The highest BCUT2D eigenvalue weighted by Crippen LogP contribution is 2.31. The summed E-state index contributed by atoms with van der Waals surface area (Å²) in [5.74, 6) is 0.388. The van der Waals surface area contributed by atoms with Crippen molar-refractivity contribution in [3.05, 3.63) is 47.3 Å². The number of nitrogens with zero attached hydrogens (tertiary/aromatic N) is 1. The molecule has 1 aliphatic rings. The number of hydrogen-bond donors (Lipinski definition) is 1. The standard InChI is InChI=1S/C17H20N2O5S/c1-11-9-13(19-24-11)10-25(21,22)12(2)17(20)18-15-7-8-23-16-6-4-3-5-14(15)16/h3-6,9,12,15H,7-8,10H2,1-2H3,(H,18,20)/t12-,15-/m0/s1. The van der Waals surface area contributed by atoms with E-state index in [4.69, 9.17) is 9.26 Å². The molecule has 0 radical (unpaired) electrons. The van der Waals surface area contributed by atoms with Crippen LogP contribution in [0.2, 0.25) is 0 Å². The number of hydrogen-bond acceptors (Lipinski definition) is 6. The number of amides is 1. The van der Waals surface area contributed by atoms with Crippen LogP contribution in [-0.2, 0) is 20.4 Å². The van der Waals surface area contributed by atoms with Crippen molar-refractivity contribution in [2.75, 3.05) is 6.61 Å². The monoisotopic (exact) mass is 364 g/mol. The first-order chi connectivity index (χ1) is 11.9. The molecule has 0 aliphatic carbocycles. The predicted molar refractivity (Wildman–Crippen MR) is 90.8 cm³/mol. The summed E-state index contributed by atoms with van der Waals surface area (Å²) < 4.78 is 35.4. The van der Waals surface area contributed by atoms with Gasteiger partial charge in [0, 0.05) is 18.1 Å². The van der Waals surface area contributed by atoms with E-state index in [0.29, 0.717) is 30.2 Å². The highest BCUT2D eigenvalue weighted by Gasteiger charge is 2.32. The van der Waals surface area contributed by atoms with Crippen LogP contribution in [0.25, 0.3) is 0 Å². The van der Waals surface area contributed by atoms with Gasteiger partial charge >= 0.3 is 0 Å². The summed E-state index contributed by atoms with van der Waals surface area (Å²) in [6.07, 6.45) is 0.595. The third kappa shape index (κ3) is 3.84. The molecule has 1 aromatic carbocycles. The van der Waals surface area contributed by atoms with Crippen LogP contribution in [0.1, 0.15) is 36.4 Å². The summed E-state index contributed by atoms with van der Waals surface area (Å²) >= 11 is 0. The van der Waals surface area contributed by atoms with Crippen molar-refractivity contribution in [3.63, 3.8) is 0 Å². The van der Waals surface area contributed by atoms with Crippen LogP contribution in [-0.4, -0.2) is 31.3 Å². The van der Waals surface area contributed by atoms with Gasteiger partial charge in [0.1, 0.15) is 16.8 Å². The number of nitrogens with one attached hydrogen (secondary N) is 1. The number of carbonyl (C=O) groups excluding carboxylic acids is 1. The fraction of sp³-hybridized carbons (Fsp3) is 0.412. The van der Waals surface area contributed by atoms with E-state index in [9.17, 15) is 13.2 Å². The zero-order valence-corrected chi connectivity index (χ0v) is 14.9. The zero-order valence-electron chi connectivity index (χ0n) is 14.1. The molecule has 25 heavy (non-hydrogen) atoms. The lowest BCUT2D eigenvalue weighted by molar-refractivity contribution is -0.121. The van der Waals surface area contributed by atoms with Gasteiger partial charge in [0.05, 0.1) is 24.1 Å². The lowest BCUT2D eigenvalue weighted by atomic mass is 10.0. The third-order valence-electron chi connectivity index (χ3n) is 4.21. The Hall–Kier alpha value is -2.35. The van der Waals surface area contributed by atoms with Gasteiger partial charge in [-0.3, -0.25) is 4.79 Å². The molecule has 0 fully saturated rings. The number of aromatic nitrogens is 1. The van der Waals surface area contributed by atoms with E-state index in [2.05, 4.69) is 10.5 Å². The van der Waals surface area contributed by atoms with Crippen LogP contribution in [0.5, 0.6) is 5.75 Å². The Morgan fingerprint density at radius 3 is 2.88 bits per heavy atom. The van der Waals surface area contributed by atoms with Crippen LogP contribution >= 0.6 is 0 Å². The van der Waals surface area contributed by atoms with Gasteiger partial charge in [-0.25, -0.2) is 8.42 Å². The van der Waals surface area contributed by atoms with Crippen LogP contribution in [0.15, 0.2) is 34.9 Å². The van der Waals surface area contributed by atoms with E-state index in [0.717, 1.165) is 5.56 Å². The lowest BCUT2D eigenvalue weighted by Crippen LogP contribution is -2.41. The van der Waals surface area contributed by atoms with E-state index in [1.165, 1.54) is 6.92 Å². The number of aryl methyl sites for hydroxylation is 1. The summed E-state index contributed by atoms with van der Waals surface area (Å²) in [4.78, 5) is 12.5. The Labute approximate surface area is 146 Å². The van der Waals surface area contributed by atoms with Crippen LogP contribution in [0.3, 0.4) is 0 Å². The molecule has 2 aromatic rings. The molecular weight excluding hydrogens is 344 g/mol. The minimum Gasteiger partial charge on any atom is -0.493 e. The molecule has 0 saturated heterocycles.